The normalized spacial score (nSPS) is 9.92. The second-order valence-electron chi connectivity index (χ2n) is 2.79. The molecule has 3 heteroatoms. The van der Waals surface area contributed by atoms with Gasteiger partial charge >= 0.3 is 8.05 Å². The van der Waals surface area contributed by atoms with E-state index in [2.05, 4.69) is 11.9 Å². The van der Waals surface area contributed by atoms with Crippen molar-refractivity contribution in [3.05, 3.63) is 23.0 Å². The lowest BCUT2D eigenvalue weighted by Crippen LogP contribution is -1.98. The molecule has 0 unspecified atom stereocenters. The molecule has 1 heterocycles. The molecule has 0 saturated carbocycles. The summed E-state index contributed by atoms with van der Waals surface area (Å²) in [4.78, 5) is 4.18. The summed E-state index contributed by atoms with van der Waals surface area (Å²) in [5, 5.41) is 0. The largest absolute Gasteiger partial charge is 0.566 e. The predicted molar refractivity (Wildman–Crippen MR) is 49.5 cm³/mol. The smallest absolute Gasteiger partial charge is 0.374 e. The molecule has 0 N–H and O–H groups in total. The van der Waals surface area contributed by atoms with Gasteiger partial charge in [0.2, 0.25) is 0 Å². The Balaban J connectivity index is 3.24. The Morgan fingerprint density at radius 2 is 2.17 bits per heavy atom. The van der Waals surface area contributed by atoms with Crippen molar-refractivity contribution in [2.24, 2.45) is 0 Å². The molecular formula is C9H12BNO. The third kappa shape index (κ3) is 1.45. The number of aromatic nitrogens is 1. The molecule has 1 rings (SSSR count). The maximum atomic E-state index is 5.14. The lowest BCUT2D eigenvalue weighted by atomic mass is 10.1. The molecule has 0 aliphatic rings. The Labute approximate surface area is 74.4 Å². The van der Waals surface area contributed by atoms with Crippen LogP contribution in [0.15, 0.2) is 6.20 Å². The zero-order valence-electron chi connectivity index (χ0n) is 7.72. The molecule has 0 spiro atoms. The average Bonchev–Trinajstić information content (AvgIpc) is 2.06. The Morgan fingerprint density at radius 1 is 1.50 bits per heavy atom. The van der Waals surface area contributed by atoms with Gasteiger partial charge in [0.25, 0.3) is 0 Å². The fraction of sp³-hybridized carbons (Fsp3) is 0.444. The van der Waals surface area contributed by atoms with Gasteiger partial charge < -0.3 is 4.65 Å². The van der Waals surface area contributed by atoms with Gasteiger partial charge in [-0.05, 0) is 31.4 Å². The molecule has 1 aromatic rings. The number of hydrogen-bond donors (Lipinski definition) is 0. The van der Waals surface area contributed by atoms with E-state index in [4.69, 9.17) is 12.7 Å². The van der Waals surface area contributed by atoms with Crippen LogP contribution in [0.25, 0.3) is 0 Å². The van der Waals surface area contributed by atoms with Crippen LogP contribution in [0.4, 0.5) is 0 Å². The molecule has 12 heavy (non-hydrogen) atoms. The fourth-order valence-electron chi connectivity index (χ4n) is 1.28. The van der Waals surface area contributed by atoms with E-state index in [1.54, 1.807) is 0 Å². The average molecular weight is 161 g/mol. The molecule has 62 valence electrons. The zero-order chi connectivity index (χ0) is 9.14. The number of aryl methyl sites for hydroxylation is 2. The van der Waals surface area contributed by atoms with E-state index < -0.39 is 0 Å². The van der Waals surface area contributed by atoms with Gasteiger partial charge in [0, 0.05) is 6.20 Å². The molecule has 0 atom stereocenters. The number of pyridine rings is 1. The molecule has 1 aromatic heterocycles. The summed E-state index contributed by atoms with van der Waals surface area (Å²) in [5.74, 6) is 0.703. The van der Waals surface area contributed by atoms with E-state index in [1.807, 2.05) is 20.0 Å². The van der Waals surface area contributed by atoms with Crippen LogP contribution >= 0.6 is 0 Å². The summed E-state index contributed by atoms with van der Waals surface area (Å²) in [6.07, 6.45) is 2.82. The van der Waals surface area contributed by atoms with Crippen molar-refractivity contribution in [3.8, 4) is 5.75 Å². The molecule has 0 aromatic carbocycles. The maximum Gasteiger partial charge on any atom is 0.374 e. The molecular weight excluding hydrogens is 149 g/mol. The van der Waals surface area contributed by atoms with Gasteiger partial charge in [0.1, 0.15) is 5.75 Å². The minimum atomic E-state index is 0.703. The first kappa shape index (κ1) is 9.11. The first-order chi connectivity index (χ1) is 5.70. The summed E-state index contributed by atoms with van der Waals surface area (Å²) < 4.78 is 4.76. The molecule has 2 radical (unpaired) electrons. The lowest BCUT2D eigenvalue weighted by molar-refractivity contribution is 0.596. The molecule has 0 saturated heterocycles. The third-order valence-electron chi connectivity index (χ3n) is 2.06. The van der Waals surface area contributed by atoms with Crippen molar-refractivity contribution in [1.82, 2.24) is 4.98 Å². The fourth-order valence-corrected chi connectivity index (χ4v) is 1.28. The van der Waals surface area contributed by atoms with E-state index in [1.165, 1.54) is 5.56 Å². The third-order valence-corrected chi connectivity index (χ3v) is 2.06. The summed E-state index contributed by atoms with van der Waals surface area (Å²) in [7, 11) is 5.14. The molecule has 2 nitrogen and oxygen atoms in total. The van der Waals surface area contributed by atoms with Gasteiger partial charge in [-0.25, -0.2) is 0 Å². The van der Waals surface area contributed by atoms with Crippen molar-refractivity contribution in [2.45, 2.75) is 27.2 Å². The topological polar surface area (TPSA) is 22.1 Å². The minimum absolute atomic E-state index is 0.703. The van der Waals surface area contributed by atoms with Crippen molar-refractivity contribution in [3.63, 3.8) is 0 Å². The second-order valence-corrected chi connectivity index (χ2v) is 2.79. The summed E-state index contributed by atoms with van der Waals surface area (Å²) in [5.41, 5.74) is 3.11. The van der Waals surface area contributed by atoms with Crippen LogP contribution < -0.4 is 4.65 Å². The minimum Gasteiger partial charge on any atom is -0.566 e. The number of rotatable bonds is 2. The summed E-state index contributed by atoms with van der Waals surface area (Å²) >= 11 is 0. The van der Waals surface area contributed by atoms with Gasteiger partial charge in [-0.2, -0.15) is 0 Å². The van der Waals surface area contributed by atoms with Crippen LogP contribution in [0.2, 0.25) is 0 Å². The van der Waals surface area contributed by atoms with E-state index >= 15 is 0 Å². The van der Waals surface area contributed by atoms with Crippen LogP contribution in [0.1, 0.15) is 23.7 Å². The monoisotopic (exact) mass is 161 g/mol. The SMILES string of the molecule is [B]Oc1c(C)ncc(CC)c1C. The Hall–Kier alpha value is -0.985. The van der Waals surface area contributed by atoms with Crippen molar-refractivity contribution in [2.75, 3.05) is 0 Å². The van der Waals surface area contributed by atoms with Crippen molar-refractivity contribution >= 4 is 8.05 Å². The highest BCUT2D eigenvalue weighted by atomic mass is 16.4. The number of nitrogens with zero attached hydrogens (tertiary/aromatic N) is 1. The van der Waals surface area contributed by atoms with Crippen LogP contribution in [-0.4, -0.2) is 13.0 Å². The Bertz CT molecular complexity index is 286. The van der Waals surface area contributed by atoms with Gasteiger partial charge in [0.15, 0.2) is 0 Å². The quantitative estimate of drug-likeness (QED) is 0.616. The van der Waals surface area contributed by atoms with Crippen LogP contribution in [0.5, 0.6) is 5.75 Å². The summed E-state index contributed by atoms with van der Waals surface area (Å²) in [6.45, 7) is 5.96. The van der Waals surface area contributed by atoms with E-state index in [0.717, 1.165) is 17.7 Å². The van der Waals surface area contributed by atoms with Gasteiger partial charge in [-0.3, -0.25) is 4.98 Å². The standard InChI is InChI=1S/C9H12BNO/c1-4-8-5-11-7(3)9(12-10)6(8)2/h5H,4H2,1-3H3. The Morgan fingerprint density at radius 3 is 2.67 bits per heavy atom. The van der Waals surface area contributed by atoms with Crippen LogP contribution in [0.3, 0.4) is 0 Å². The highest BCUT2D eigenvalue weighted by molar-refractivity contribution is 6.00. The van der Waals surface area contributed by atoms with E-state index in [9.17, 15) is 0 Å². The maximum absolute atomic E-state index is 5.14. The summed E-state index contributed by atoms with van der Waals surface area (Å²) in [6, 6.07) is 0. The van der Waals surface area contributed by atoms with Crippen molar-refractivity contribution in [1.29, 1.82) is 0 Å². The molecule has 0 amide bonds. The Kier molecular flexibility index (Phi) is 2.74. The number of hydrogen-bond acceptors (Lipinski definition) is 2. The second kappa shape index (κ2) is 3.61. The van der Waals surface area contributed by atoms with Gasteiger partial charge in [-0.15, -0.1) is 0 Å². The first-order valence-electron chi connectivity index (χ1n) is 4.02. The van der Waals surface area contributed by atoms with E-state index in [0.29, 0.717) is 5.75 Å². The zero-order valence-corrected chi connectivity index (χ0v) is 7.72. The molecule has 0 bridgehead atoms. The predicted octanol–water partition coefficient (Wildman–Crippen LogP) is 1.72. The highest BCUT2D eigenvalue weighted by Gasteiger charge is 2.06. The lowest BCUT2D eigenvalue weighted by Gasteiger charge is -2.11. The van der Waals surface area contributed by atoms with Crippen LogP contribution in [-0.2, 0) is 6.42 Å². The molecule has 0 fully saturated rings. The molecule has 0 aliphatic heterocycles. The first-order valence-corrected chi connectivity index (χ1v) is 4.02. The van der Waals surface area contributed by atoms with Gasteiger partial charge in [-0.1, -0.05) is 6.92 Å². The van der Waals surface area contributed by atoms with E-state index in [-0.39, 0.29) is 0 Å². The van der Waals surface area contributed by atoms with Crippen LogP contribution in [0, 0.1) is 13.8 Å². The van der Waals surface area contributed by atoms with Crippen molar-refractivity contribution < 1.29 is 4.65 Å². The van der Waals surface area contributed by atoms with Gasteiger partial charge in [0.05, 0.1) is 5.69 Å². The molecule has 0 aliphatic carbocycles. The highest BCUT2D eigenvalue weighted by Crippen LogP contribution is 2.23.